The second-order valence-electron chi connectivity index (χ2n) is 6.86. The minimum atomic E-state index is -0.272. The number of methoxy groups -OCH3 is 2. The highest BCUT2D eigenvalue weighted by Crippen LogP contribution is 2.27. The number of ether oxygens (including phenoxy) is 2. The first kappa shape index (κ1) is 19.5. The number of amides is 1. The van der Waals surface area contributed by atoms with E-state index in [0.29, 0.717) is 35.5 Å². The van der Waals surface area contributed by atoms with Crippen molar-refractivity contribution in [2.24, 2.45) is 0 Å². The van der Waals surface area contributed by atoms with Crippen LogP contribution in [-0.2, 0) is 17.8 Å². The van der Waals surface area contributed by atoms with Crippen molar-refractivity contribution >= 4 is 27.8 Å². The minimum Gasteiger partial charge on any atom is -0.493 e. The van der Waals surface area contributed by atoms with Gasteiger partial charge in [0.15, 0.2) is 11.5 Å². The van der Waals surface area contributed by atoms with Gasteiger partial charge < -0.3 is 19.8 Å². The van der Waals surface area contributed by atoms with Gasteiger partial charge in [0.2, 0.25) is 5.91 Å². The highest BCUT2D eigenvalue weighted by molar-refractivity contribution is 6.04. The Bertz CT molecular complexity index is 1280. The molecule has 0 aliphatic rings. The van der Waals surface area contributed by atoms with Crippen LogP contribution >= 0.6 is 0 Å². The molecule has 2 aromatic heterocycles. The van der Waals surface area contributed by atoms with Gasteiger partial charge in [0.25, 0.3) is 5.56 Å². The molecule has 4 rings (SSSR count). The molecule has 0 saturated carbocycles. The zero-order valence-electron chi connectivity index (χ0n) is 16.8. The number of fused-ring (bicyclic) bond motifs is 3. The lowest BCUT2D eigenvalue weighted by Crippen LogP contribution is -2.33. The van der Waals surface area contributed by atoms with Gasteiger partial charge in [-0.2, -0.15) is 0 Å². The summed E-state index contributed by atoms with van der Waals surface area (Å²) in [5, 5.41) is 3.72. The summed E-state index contributed by atoms with van der Waals surface area (Å²) in [5.41, 5.74) is 2.59. The number of H-pyrrole nitrogens is 1. The first-order valence-corrected chi connectivity index (χ1v) is 9.54. The van der Waals surface area contributed by atoms with E-state index in [0.717, 1.165) is 16.5 Å². The topological polar surface area (TPSA) is 98.2 Å². The molecule has 0 aliphatic carbocycles. The zero-order chi connectivity index (χ0) is 21.1. The Labute approximate surface area is 172 Å². The second kappa shape index (κ2) is 8.28. The maximum absolute atomic E-state index is 12.7. The summed E-state index contributed by atoms with van der Waals surface area (Å²) >= 11 is 0. The number of rotatable bonds is 7. The van der Waals surface area contributed by atoms with Crippen LogP contribution in [0.1, 0.15) is 5.56 Å². The zero-order valence-corrected chi connectivity index (χ0v) is 16.8. The Balaban J connectivity index is 1.42. The largest absolute Gasteiger partial charge is 0.493 e. The molecular weight excluding hydrogens is 384 g/mol. The molecule has 2 heterocycles. The second-order valence-corrected chi connectivity index (χ2v) is 6.86. The number of nitrogens with zero attached hydrogens (tertiary/aromatic N) is 2. The SMILES string of the molecule is COc1ccc(CCNC(=O)Cn2cnc3c([nH]c4ccccc43)c2=O)cc1OC. The van der Waals surface area contributed by atoms with Crippen molar-refractivity contribution in [3.8, 4) is 11.5 Å². The molecule has 8 nitrogen and oxygen atoms in total. The molecule has 0 saturated heterocycles. The van der Waals surface area contributed by atoms with Crippen molar-refractivity contribution in [1.29, 1.82) is 0 Å². The van der Waals surface area contributed by atoms with Crippen molar-refractivity contribution < 1.29 is 14.3 Å². The summed E-state index contributed by atoms with van der Waals surface area (Å²) in [6.07, 6.45) is 2.04. The summed E-state index contributed by atoms with van der Waals surface area (Å²) in [6.45, 7) is 0.341. The van der Waals surface area contributed by atoms with E-state index in [4.69, 9.17) is 9.47 Å². The van der Waals surface area contributed by atoms with E-state index in [9.17, 15) is 9.59 Å². The summed E-state index contributed by atoms with van der Waals surface area (Å²) in [5.74, 6) is 1.05. The molecule has 30 heavy (non-hydrogen) atoms. The third kappa shape index (κ3) is 3.71. The van der Waals surface area contributed by atoms with Gasteiger partial charge in [0.1, 0.15) is 17.6 Å². The van der Waals surface area contributed by atoms with E-state index in [1.807, 2.05) is 42.5 Å². The lowest BCUT2D eigenvalue weighted by Gasteiger charge is -2.10. The molecule has 0 aliphatic heterocycles. The number of hydrogen-bond acceptors (Lipinski definition) is 5. The molecule has 0 radical (unpaired) electrons. The number of aromatic nitrogens is 3. The first-order valence-electron chi connectivity index (χ1n) is 9.54. The number of benzene rings is 2. The molecule has 8 heteroatoms. The van der Waals surface area contributed by atoms with E-state index in [-0.39, 0.29) is 18.0 Å². The van der Waals surface area contributed by atoms with Gasteiger partial charge in [0, 0.05) is 17.4 Å². The molecule has 2 aromatic carbocycles. The number of carbonyl (C=O) groups is 1. The van der Waals surface area contributed by atoms with Crippen molar-refractivity contribution in [3.63, 3.8) is 0 Å². The maximum Gasteiger partial charge on any atom is 0.278 e. The minimum absolute atomic E-state index is 0.0942. The normalized spacial score (nSPS) is 11.0. The summed E-state index contributed by atoms with van der Waals surface area (Å²) in [4.78, 5) is 32.5. The maximum atomic E-state index is 12.7. The summed E-state index contributed by atoms with van der Waals surface area (Å²) in [7, 11) is 3.17. The predicted octanol–water partition coefficient (Wildman–Crippen LogP) is 2.25. The number of para-hydroxylation sites is 1. The molecule has 0 spiro atoms. The van der Waals surface area contributed by atoms with Crippen molar-refractivity contribution in [2.45, 2.75) is 13.0 Å². The van der Waals surface area contributed by atoms with Gasteiger partial charge in [0.05, 0.1) is 20.5 Å². The van der Waals surface area contributed by atoms with Crippen molar-refractivity contribution in [2.75, 3.05) is 20.8 Å². The van der Waals surface area contributed by atoms with Crippen LogP contribution in [-0.4, -0.2) is 41.2 Å². The lowest BCUT2D eigenvalue weighted by molar-refractivity contribution is -0.121. The van der Waals surface area contributed by atoms with Gasteiger partial charge in [-0.1, -0.05) is 24.3 Å². The number of carbonyl (C=O) groups excluding carboxylic acids is 1. The molecular formula is C22H22N4O4. The average molecular weight is 406 g/mol. The van der Waals surface area contributed by atoms with Gasteiger partial charge >= 0.3 is 0 Å². The van der Waals surface area contributed by atoms with Crippen LogP contribution in [0.3, 0.4) is 0 Å². The monoisotopic (exact) mass is 406 g/mol. The molecule has 0 fully saturated rings. The molecule has 0 bridgehead atoms. The smallest absolute Gasteiger partial charge is 0.278 e. The fourth-order valence-electron chi connectivity index (χ4n) is 3.45. The third-order valence-electron chi connectivity index (χ3n) is 4.98. The molecule has 4 aromatic rings. The summed E-state index contributed by atoms with van der Waals surface area (Å²) < 4.78 is 11.8. The number of hydrogen-bond donors (Lipinski definition) is 2. The van der Waals surface area contributed by atoms with Gasteiger partial charge in [-0.3, -0.25) is 14.2 Å². The molecule has 154 valence electrons. The number of nitrogens with one attached hydrogen (secondary N) is 2. The first-order chi connectivity index (χ1) is 14.6. The van der Waals surface area contributed by atoms with E-state index in [1.165, 1.54) is 10.9 Å². The Hall–Kier alpha value is -3.81. The third-order valence-corrected chi connectivity index (χ3v) is 4.98. The van der Waals surface area contributed by atoms with Crippen molar-refractivity contribution in [3.05, 3.63) is 64.7 Å². The van der Waals surface area contributed by atoms with E-state index in [1.54, 1.807) is 14.2 Å². The average Bonchev–Trinajstić information content (AvgIpc) is 3.15. The molecule has 0 atom stereocenters. The Morgan fingerprint density at radius 1 is 1.13 bits per heavy atom. The van der Waals surface area contributed by atoms with Crippen LogP contribution in [0.15, 0.2) is 53.6 Å². The highest BCUT2D eigenvalue weighted by Gasteiger charge is 2.12. The molecule has 0 unspecified atom stereocenters. The standard InChI is InChI=1S/C22H22N4O4/c1-29-17-8-7-14(11-18(17)30-2)9-10-23-19(27)12-26-13-24-20-15-5-3-4-6-16(15)25-21(20)22(26)28/h3-8,11,13,25H,9-10,12H2,1-2H3,(H,23,27). The molecule has 2 N–H and O–H groups in total. The van der Waals surface area contributed by atoms with Crippen LogP contribution < -0.4 is 20.3 Å². The van der Waals surface area contributed by atoms with Gasteiger partial charge in [-0.05, 0) is 30.2 Å². The van der Waals surface area contributed by atoms with Crippen LogP contribution in [0.4, 0.5) is 0 Å². The van der Waals surface area contributed by atoms with Crippen LogP contribution in [0, 0.1) is 0 Å². The lowest BCUT2D eigenvalue weighted by atomic mass is 10.1. The fraction of sp³-hybridized carbons (Fsp3) is 0.227. The fourth-order valence-corrected chi connectivity index (χ4v) is 3.45. The van der Waals surface area contributed by atoms with Crippen LogP contribution in [0.25, 0.3) is 21.9 Å². The Kier molecular flexibility index (Phi) is 5.38. The van der Waals surface area contributed by atoms with Crippen LogP contribution in [0.2, 0.25) is 0 Å². The van der Waals surface area contributed by atoms with E-state index >= 15 is 0 Å². The van der Waals surface area contributed by atoms with Gasteiger partial charge in [-0.15, -0.1) is 0 Å². The Morgan fingerprint density at radius 3 is 2.73 bits per heavy atom. The Morgan fingerprint density at radius 2 is 1.93 bits per heavy atom. The quantitative estimate of drug-likeness (QED) is 0.491. The summed E-state index contributed by atoms with van der Waals surface area (Å²) in [6, 6.07) is 13.2. The predicted molar refractivity (Wildman–Crippen MR) is 114 cm³/mol. The number of aromatic amines is 1. The van der Waals surface area contributed by atoms with E-state index in [2.05, 4.69) is 15.3 Å². The molecule has 1 amide bonds. The van der Waals surface area contributed by atoms with Crippen LogP contribution in [0.5, 0.6) is 11.5 Å². The van der Waals surface area contributed by atoms with Crippen molar-refractivity contribution in [1.82, 2.24) is 19.9 Å². The highest BCUT2D eigenvalue weighted by atomic mass is 16.5. The van der Waals surface area contributed by atoms with E-state index < -0.39 is 0 Å². The van der Waals surface area contributed by atoms with Gasteiger partial charge in [-0.25, -0.2) is 4.98 Å².